The maximum absolute atomic E-state index is 14.2. The fourth-order valence-electron chi connectivity index (χ4n) is 3.89. The van der Waals surface area contributed by atoms with Gasteiger partial charge in [-0.3, -0.25) is 9.13 Å². The van der Waals surface area contributed by atoms with Gasteiger partial charge in [0.05, 0.1) is 17.7 Å². The minimum atomic E-state index is -0.876. The van der Waals surface area contributed by atoms with Gasteiger partial charge in [-0.1, -0.05) is 46.3 Å². The summed E-state index contributed by atoms with van der Waals surface area (Å²) in [6.07, 6.45) is 6.27. The summed E-state index contributed by atoms with van der Waals surface area (Å²) >= 11 is 0. The molecule has 0 radical (unpaired) electrons. The van der Waals surface area contributed by atoms with Crippen LogP contribution in [0.4, 0.5) is 4.39 Å². The van der Waals surface area contributed by atoms with Crippen LogP contribution in [0.15, 0.2) is 35.4 Å². The number of imidazole rings is 1. The molecule has 0 aliphatic rings. The number of para-hydroxylation sites is 1. The summed E-state index contributed by atoms with van der Waals surface area (Å²) in [5.74, 6) is 0.644. The first-order valence-electron chi connectivity index (χ1n) is 11.0. The van der Waals surface area contributed by atoms with Crippen LogP contribution in [0.5, 0.6) is 5.75 Å². The van der Waals surface area contributed by atoms with Gasteiger partial charge in [-0.25, -0.2) is 9.18 Å². The molecule has 2 rings (SSSR count). The number of fused-ring (bicyclic) bond motifs is 1. The Kier molecular flexibility index (Phi) is 8.88. The van der Waals surface area contributed by atoms with Gasteiger partial charge in [-0.15, -0.1) is 0 Å². The van der Waals surface area contributed by atoms with Crippen molar-refractivity contribution in [2.45, 2.75) is 77.9 Å². The summed E-state index contributed by atoms with van der Waals surface area (Å²) in [6.45, 7) is 9.98. The van der Waals surface area contributed by atoms with E-state index >= 15 is 0 Å². The van der Waals surface area contributed by atoms with E-state index in [0.717, 1.165) is 38.4 Å². The molecule has 0 saturated heterocycles. The van der Waals surface area contributed by atoms with Crippen molar-refractivity contribution >= 4 is 17.3 Å². The van der Waals surface area contributed by atoms with Crippen molar-refractivity contribution in [1.82, 2.24) is 9.13 Å². The third-order valence-corrected chi connectivity index (χ3v) is 5.88. The van der Waals surface area contributed by atoms with Crippen molar-refractivity contribution in [3.8, 4) is 5.75 Å². The Bertz CT molecular complexity index is 915. The van der Waals surface area contributed by atoms with E-state index in [2.05, 4.69) is 27.4 Å². The molecule has 0 aliphatic carbocycles. The first kappa shape index (κ1) is 23.9. The molecule has 6 heteroatoms. The summed E-state index contributed by atoms with van der Waals surface area (Å²) in [5, 5.41) is 0. The lowest BCUT2D eigenvalue weighted by Crippen LogP contribution is -2.26. The molecule has 166 valence electrons. The van der Waals surface area contributed by atoms with E-state index in [1.807, 2.05) is 12.1 Å². The fourth-order valence-corrected chi connectivity index (χ4v) is 3.89. The van der Waals surface area contributed by atoms with Crippen LogP contribution in [0.1, 0.15) is 71.8 Å². The predicted octanol–water partition coefficient (Wildman–Crippen LogP) is 5.72. The summed E-state index contributed by atoms with van der Waals surface area (Å²) in [5.41, 5.74) is 0.888. The molecule has 0 bridgehead atoms. The monoisotopic (exact) mass is 418 g/mol. The zero-order valence-corrected chi connectivity index (χ0v) is 18.7. The van der Waals surface area contributed by atoms with Crippen LogP contribution in [0, 0.1) is 5.92 Å². The molecule has 1 heterocycles. The molecule has 0 saturated carbocycles. The normalized spacial score (nSPS) is 14.4. The number of benzene rings is 1. The number of aryl methyl sites for hydroxylation is 1. The van der Waals surface area contributed by atoms with Crippen molar-refractivity contribution in [3.63, 3.8) is 0 Å². The lowest BCUT2D eigenvalue weighted by atomic mass is 9.99. The van der Waals surface area contributed by atoms with Crippen LogP contribution >= 0.6 is 0 Å². The van der Waals surface area contributed by atoms with E-state index in [4.69, 9.17) is 4.74 Å². The number of hydrogen-bond acceptors (Lipinski definition) is 3. The molecule has 2 aromatic rings. The number of halogens is 1. The lowest BCUT2D eigenvalue weighted by Gasteiger charge is -2.21. The first-order valence-corrected chi connectivity index (χ1v) is 11.0. The number of aromatic nitrogens is 2. The number of ether oxygens (including phenoxy) is 1. The van der Waals surface area contributed by atoms with Crippen molar-refractivity contribution in [3.05, 3.63) is 41.1 Å². The van der Waals surface area contributed by atoms with Crippen LogP contribution in [0.3, 0.4) is 0 Å². The molecule has 0 spiro atoms. The molecule has 1 aromatic heterocycles. The van der Waals surface area contributed by atoms with Gasteiger partial charge in [0.25, 0.3) is 0 Å². The maximum atomic E-state index is 14.2. The Morgan fingerprint density at radius 3 is 2.57 bits per heavy atom. The Morgan fingerprint density at radius 2 is 1.97 bits per heavy atom. The van der Waals surface area contributed by atoms with Gasteiger partial charge in [0.15, 0.2) is 0 Å². The quantitative estimate of drug-likeness (QED) is 0.391. The van der Waals surface area contributed by atoms with E-state index in [-0.39, 0.29) is 24.6 Å². The third-order valence-electron chi connectivity index (χ3n) is 5.88. The molecule has 3 unspecified atom stereocenters. The molecule has 0 aliphatic heterocycles. The van der Waals surface area contributed by atoms with Gasteiger partial charge in [0.2, 0.25) is 0 Å². The SMILES string of the molecule is C=C(F)C(CCC=O)n1c(=O)n(C)c2c(OC(CCC)CCC(C)CC)cccc21. The minimum absolute atomic E-state index is 0.0649. The van der Waals surface area contributed by atoms with E-state index in [0.29, 0.717) is 22.7 Å². The molecular weight excluding hydrogens is 383 g/mol. The number of rotatable bonds is 13. The molecule has 0 amide bonds. The largest absolute Gasteiger partial charge is 0.488 e. The molecule has 1 aromatic carbocycles. The first-order chi connectivity index (χ1) is 14.3. The van der Waals surface area contributed by atoms with Gasteiger partial charge in [-0.2, -0.15) is 0 Å². The van der Waals surface area contributed by atoms with E-state index in [9.17, 15) is 14.0 Å². The highest BCUT2D eigenvalue weighted by Crippen LogP contribution is 2.32. The van der Waals surface area contributed by atoms with Crippen LogP contribution in [0.25, 0.3) is 11.0 Å². The zero-order valence-electron chi connectivity index (χ0n) is 18.7. The smallest absolute Gasteiger partial charge is 0.329 e. The average molecular weight is 419 g/mol. The van der Waals surface area contributed by atoms with Gasteiger partial charge < -0.3 is 9.53 Å². The van der Waals surface area contributed by atoms with Crippen LogP contribution in [-0.2, 0) is 11.8 Å². The zero-order chi connectivity index (χ0) is 22.3. The lowest BCUT2D eigenvalue weighted by molar-refractivity contribution is -0.108. The molecule has 5 nitrogen and oxygen atoms in total. The van der Waals surface area contributed by atoms with Crippen LogP contribution in [0.2, 0.25) is 0 Å². The summed E-state index contributed by atoms with van der Waals surface area (Å²) in [4.78, 5) is 23.8. The second-order valence-corrected chi connectivity index (χ2v) is 8.16. The van der Waals surface area contributed by atoms with Gasteiger partial charge in [-0.05, 0) is 43.7 Å². The summed E-state index contributed by atoms with van der Waals surface area (Å²) < 4.78 is 23.5. The van der Waals surface area contributed by atoms with Gasteiger partial charge in [0, 0.05) is 13.5 Å². The van der Waals surface area contributed by atoms with E-state index in [1.165, 1.54) is 9.13 Å². The fraction of sp³-hybridized carbons (Fsp3) is 0.583. The van der Waals surface area contributed by atoms with Crippen LogP contribution < -0.4 is 10.4 Å². The van der Waals surface area contributed by atoms with E-state index < -0.39 is 11.9 Å². The Labute approximate surface area is 178 Å². The maximum Gasteiger partial charge on any atom is 0.329 e. The highest BCUT2D eigenvalue weighted by Gasteiger charge is 2.24. The molecule has 3 atom stereocenters. The van der Waals surface area contributed by atoms with Crippen LogP contribution in [-0.4, -0.2) is 21.5 Å². The molecule has 0 fully saturated rings. The Morgan fingerprint density at radius 1 is 1.23 bits per heavy atom. The Hall–Kier alpha value is -2.37. The number of nitrogens with zero attached hydrogens (tertiary/aromatic N) is 2. The van der Waals surface area contributed by atoms with Gasteiger partial charge in [0.1, 0.15) is 23.4 Å². The predicted molar refractivity (Wildman–Crippen MR) is 120 cm³/mol. The minimum Gasteiger partial charge on any atom is -0.488 e. The second kappa shape index (κ2) is 11.1. The number of carbonyl (C=O) groups is 1. The van der Waals surface area contributed by atoms with Crippen molar-refractivity contribution < 1.29 is 13.9 Å². The molecule has 0 N–H and O–H groups in total. The summed E-state index contributed by atoms with van der Waals surface area (Å²) in [6, 6.07) is 4.60. The van der Waals surface area contributed by atoms with Gasteiger partial charge >= 0.3 is 5.69 Å². The molecule has 30 heavy (non-hydrogen) atoms. The standard InChI is InChI=1S/C24H35FN2O3/c1-6-10-19(15-14-17(3)7-2)30-22-13-8-11-21-23(22)26(5)24(29)27(21)20(18(4)25)12-9-16-28/h8,11,13,16-17,19-20H,4,6-7,9-10,12,14-15H2,1-3,5H3. The highest BCUT2D eigenvalue weighted by atomic mass is 19.1. The third kappa shape index (κ3) is 5.41. The summed E-state index contributed by atoms with van der Waals surface area (Å²) in [7, 11) is 1.67. The van der Waals surface area contributed by atoms with Crippen molar-refractivity contribution in [1.29, 1.82) is 0 Å². The number of aldehydes is 1. The van der Waals surface area contributed by atoms with Crippen molar-refractivity contribution in [2.24, 2.45) is 13.0 Å². The number of carbonyl (C=O) groups excluding carboxylic acids is 1. The molecular formula is C24H35FN2O3. The number of allylic oxidation sites excluding steroid dienone is 1. The number of hydrogen-bond donors (Lipinski definition) is 0. The average Bonchev–Trinajstić information content (AvgIpc) is 2.98. The van der Waals surface area contributed by atoms with Crippen molar-refractivity contribution in [2.75, 3.05) is 0 Å². The second-order valence-electron chi connectivity index (χ2n) is 8.16. The Balaban J connectivity index is 2.46. The highest BCUT2D eigenvalue weighted by molar-refractivity contribution is 5.83. The topological polar surface area (TPSA) is 53.2 Å². The van der Waals surface area contributed by atoms with E-state index in [1.54, 1.807) is 13.1 Å².